The molecule has 0 aromatic carbocycles. The molecule has 1 saturated heterocycles. The Kier molecular flexibility index (Phi) is 7.24. The van der Waals surface area contributed by atoms with Gasteiger partial charge in [-0.25, -0.2) is 0 Å². The highest BCUT2D eigenvalue weighted by atomic mass is 16.4. The Labute approximate surface area is 145 Å². The fourth-order valence-corrected chi connectivity index (χ4v) is 3.08. The predicted octanol–water partition coefficient (Wildman–Crippen LogP) is 2.28. The zero-order valence-electron chi connectivity index (χ0n) is 15.6. The van der Waals surface area contributed by atoms with Crippen LogP contribution in [0.4, 0.5) is 0 Å². The van der Waals surface area contributed by atoms with Crippen LogP contribution in [0.25, 0.3) is 0 Å². The quantitative estimate of drug-likeness (QED) is 0.744. The summed E-state index contributed by atoms with van der Waals surface area (Å²) in [7, 11) is 0. The largest absolute Gasteiger partial charge is 0.481 e. The zero-order chi connectivity index (χ0) is 18.5. The number of aliphatic carboxylic acids is 1. The number of rotatable bonds is 7. The summed E-state index contributed by atoms with van der Waals surface area (Å²) in [6, 6.07) is -0.464. The molecule has 1 rings (SSSR count). The molecule has 138 valence electrons. The van der Waals surface area contributed by atoms with Gasteiger partial charge in [-0.1, -0.05) is 34.6 Å². The fourth-order valence-electron chi connectivity index (χ4n) is 3.08. The van der Waals surface area contributed by atoms with E-state index in [0.29, 0.717) is 25.8 Å². The first kappa shape index (κ1) is 20.5. The number of carboxylic acid groups (broad SMARTS) is 1. The molecular formula is C18H32N2O4. The number of likely N-dealkylation sites (tertiary alicyclic amines) is 1. The average Bonchev–Trinajstić information content (AvgIpc) is 2.90. The first-order valence-electron chi connectivity index (χ1n) is 8.81. The van der Waals surface area contributed by atoms with Crippen molar-refractivity contribution in [3.05, 3.63) is 0 Å². The third-order valence-corrected chi connectivity index (χ3v) is 4.19. The number of amides is 2. The Balaban J connectivity index is 2.62. The standard InChI is InChI=1S/C18H32N2O4/c1-12(2)9-13(17(23)24)11-19-16(22)14-7-6-8-20(14)15(21)10-18(3,4)5/h12-14H,6-11H2,1-5H3,(H,19,22)(H,23,24). The first-order valence-corrected chi connectivity index (χ1v) is 8.81. The van der Waals surface area contributed by atoms with Crippen molar-refractivity contribution in [3.63, 3.8) is 0 Å². The lowest BCUT2D eigenvalue weighted by Gasteiger charge is -2.28. The van der Waals surface area contributed by atoms with E-state index in [2.05, 4.69) is 5.32 Å². The second kappa shape index (κ2) is 8.49. The van der Waals surface area contributed by atoms with Crippen molar-refractivity contribution < 1.29 is 19.5 Å². The zero-order valence-corrected chi connectivity index (χ0v) is 15.6. The molecule has 1 aliphatic heterocycles. The number of hydrogen-bond acceptors (Lipinski definition) is 3. The molecule has 0 aliphatic carbocycles. The summed E-state index contributed by atoms with van der Waals surface area (Å²) in [4.78, 5) is 37.8. The highest BCUT2D eigenvalue weighted by molar-refractivity contribution is 5.88. The second-order valence-corrected chi connectivity index (χ2v) is 8.39. The molecule has 0 aromatic heterocycles. The molecule has 2 amide bonds. The minimum absolute atomic E-state index is 0.00267. The van der Waals surface area contributed by atoms with Crippen molar-refractivity contribution in [3.8, 4) is 0 Å². The lowest BCUT2D eigenvalue weighted by atomic mass is 9.91. The molecule has 0 bridgehead atoms. The molecule has 1 fully saturated rings. The van der Waals surface area contributed by atoms with Gasteiger partial charge in [0.25, 0.3) is 0 Å². The van der Waals surface area contributed by atoms with Crippen LogP contribution in [0.5, 0.6) is 0 Å². The van der Waals surface area contributed by atoms with Crippen LogP contribution < -0.4 is 5.32 Å². The van der Waals surface area contributed by atoms with Crippen LogP contribution in [0.2, 0.25) is 0 Å². The predicted molar refractivity (Wildman–Crippen MR) is 92.4 cm³/mol. The summed E-state index contributed by atoms with van der Waals surface area (Å²) in [5, 5.41) is 12.0. The highest BCUT2D eigenvalue weighted by Crippen LogP contribution is 2.25. The molecule has 2 unspecified atom stereocenters. The number of nitrogens with zero attached hydrogens (tertiary/aromatic N) is 1. The second-order valence-electron chi connectivity index (χ2n) is 8.39. The number of carbonyl (C=O) groups excluding carboxylic acids is 2. The van der Waals surface area contributed by atoms with Crippen LogP contribution in [0.3, 0.4) is 0 Å². The molecule has 1 heterocycles. The number of hydrogen-bond donors (Lipinski definition) is 2. The molecule has 6 nitrogen and oxygen atoms in total. The van der Waals surface area contributed by atoms with Gasteiger partial charge in [0.05, 0.1) is 5.92 Å². The van der Waals surface area contributed by atoms with Gasteiger partial charge in [-0.15, -0.1) is 0 Å². The average molecular weight is 340 g/mol. The van der Waals surface area contributed by atoms with E-state index in [4.69, 9.17) is 0 Å². The van der Waals surface area contributed by atoms with Crippen molar-refractivity contribution in [2.75, 3.05) is 13.1 Å². The molecule has 0 radical (unpaired) electrons. The summed E-state index contributed by atoms with van der Waals surface area (Å²) < 4.78 is 0. The Morgan fingerprint density at radius 3 is 2.38 bits per heavy atom. The molecule has 0 spiro atoms. The number of carbonyl (C=O) groups is 3. The van der Waals surface area contributed by atoms with Gasteiger partial charge in [-0.3, -0.25) is 14.4 Å². The van der Waals surface area contributed by atoms with E-state index in [-0.39, 0.29) is 29.7 Å². The summed E-state index contributed by atoms with van der Waals surface area (Å²) in [6.07, 6.45) is 2.38. The fraction of sp³-hybridized carbons (Fsp3) is 0.833. The SMILES string of the molecule is CC(C)CC(CNC(=O)C1CCCN1C(=O)CC(C)(C)C)C(=O)O. The van der Waals surface area contributed by atoms with Crippen LogP contribution in [0.15, 0.2) is 0 Å². The highest BCUT2D eigenvalue weighted by Gasteiger charge is 2.35. The van der Waals surface area contributed by atoms with E-state index < -0.39 is 17.9 Å². The molecule has 0 aromatic rings. The van der Waals surface area contributed by atoms with Gasteiger partial charge in [-0.2, -0.15) is 0 Å². The third kappa shape index (κ3) is 6.49. The number of carboxylic acids is 1. The van der Waals surface area contributed by atoms with Crippen molar-refractivity contribution >= 4 is 17.8 Å². The Morgan fingerprint density at radius 2 is 1.88 bits per heavy atom. The van der Waals surface area contributed by atoms with Gasteiger partial charge >= 0.3 is 5.97 Å². The van der Waals surface area contributed by atoms with Crippen LogP contribution in [-0.2, 0) is 14.4 Å². The van der Waals surface area contributed by atoms with Crippen molar-refractivity contribution in [2.24, 2.45) is 17.3 Å². The van der Waals surface area contributed by atoms with Crippen molar-refractivity contribution in [1.29, 1.82) is 0 Å². The van der Waals surface area contributed by atoms with Crippen LogP contribution in [0.1, 0.15) is 60.3 Å². The maximum atomic E-state index is 12.4. The summed E-state index contributed by atoms with van der Waals surface area (Å²) in [5.74, 6) is -1.47. The van der Waals surface area contributed by atoms with Gasteiger partial charge < -0.3 is 15.3 Å². The summed E-state index contributed by atoms with van der Waals surface area (Å²) in [5.41, 5.74) is -0.119. The maximum Gasteiger partial charge on any atom is 0.308 e. The van der Waals surface area contributed by atoms with Crippen LogP contribution >= 0.6 is 0 Å². The lowest BCUT2D eigenvalue weighted by Crippen LogP contribution is -2.48. The summed E-state index contributed by atoms with van der Waals surface area (Å²) >= 11 is 0. The molecule has 24 heavy (non-hydrogen) atoms. The van der Waals surface area contributed by atoms with Gasteiger partial charge in [0.2, 0.25) is 11.8 Å². The Hall–Kier alpha value is -1.59. The molecule has 2 N–H and O–H groups in total. The van der Waals surface area contributed by atoms with Gasteiger partial charge in [-0.05, 0) is 30.6 Å². The maximum absolute atomic E-state index is 12.4. The van der Waals surface area contributed by atoms with E-state index in [1.165, 1.54) is 0 Å². The molecular weight excluding hydrogens is 308 g/mol. The molecule has 6 heteroatoms. The van der Waals surface area contributed by atoms with Crippen molar-refractivity contribution in [1.82, 2.24) is 10.2 Å². The smallest absolute Gasteiger partial charge is 0.308 e. The minimum atomic E-state index is -0.893. The van der Waals surface area contributed by atoms with Gasteiger partial charge in [0.15, 0.2) is 0 Å². The molecule has 1 aliphatic rings. The lowest BCUT2D eigenvalue weighted by molar-refractivity contribution is -0.143. The number of nitrogens with one attached hydrogen (secondary N) is 1. The summed E-state index contributed by atoms with van der Waals surface area (Å²) in [6.45, 7) is 10.6. The van der Waals surface area contributed by atoms with Crippen molar-refractivity contribution in [2.45, 2.75) is 66.3 Å². The van der Waals surface area contributed by atoms with E-state index in [1.54, 1.807) is 4.90 Å². The normalized spacial score (nSPS) is 19.4. The van der Waals surface area contributed by atoms with Crippen LogP contribution in [-0.4, -0.2) is 46.9 Å². The molecule has 2 atom stereocenters. The Bertz CT molecular complexity index is 468. The van der Waals surface area contributed by atoms with E-state index in [0.717, 1.165) is 6.42 Å². The Morgan fingerprint density at radius 1 is 1.25 bits per heavy atom. The van der Waals surface area contributed by atoms with E-state index >= 15 is 0 Å². The topological polar surface area (TPSA) is 86.7 Å². The first-order chi connectivity index (χ1) is 11.0. The van der Waals surface area contributed by atoms with E-state index in [1.807, 2.05) is 34.6 Å². The van der Waals surface area contributed by atoms with Crippen LogP contribution in [0, 0.1) is 17.3 Å². The minimum Gasteiger partial charge on any atom is -0.481 e. The monoisotopic (exact) mass is 340 g/mol. The molecule has 0 saturated carbocycles. The van der Waals surface area contributed by atoms with E-state index in [9.17, 15) is 19.5 Å². The van der Waals surface area contributed by atoms with Gasteiger partial charge in [0.1, 0.15) is 6.04 Å². The third-order valence-electron chi connectivity index (χ3n) is 4.19. The van der Waals surface area contributed by atoms with Gasteiger partial charge in [0, 0.05) is 19.5 Å².